The monoisotopic (exact) mass is 499 g/mol. The zero-order chi connectivity index (χ0) is 27.1. The highest BCUT2D eigenvalue weighted by Crippen LogP contribution is 2.35. The van der Waals surface area contributed by atoms with Crippen LogP contribution in [0.25, 0.3) is 0 Å². The van der Waals surface area contributed by atoms with Crippen molar-refractivity contribution in [2.45, 2.75) is 118 Å². The number of nitrogens with zero attached hydrogens (tertiary/aromatic N) is 1. The molecule has 0 radical (unpaired) electrons. The highest BCUT2D eigenvalue weighted by atomic mass is 16.2. The molecule has 1 aliphatic heterocycles. The Labute approximate surface area is 219 Å². The first kappa shape index (κ1) is 31.7. The first-order chi connectivity index (χ1) is 17.2. The predicted octanol–water partition coefficient (Wildman–Crippen LogP) is 7.14. The van der Waals surface area contributed by atoms with Crippen molar-refractivity contribution < 1.29 is 19.2 Å². The Bertz CT molecular complexity index is 812. The van der Waals surface area contributed by atoms with Gasteiger partial charge in [-0.25, -0.2) is 0 Å². The van der Waals surface area contributed by atoms with E-state index in [1.807, 2.05) is 58.9 Å². The summed E-state index contributed by atoms with van der Waals surface area (Å²) in [7, 11) is 0. The first-order valence-electron chi connectivity index (χ1n) is 14.1. The number of benzene rings is 1. The van der Waals surface area contributed by atoms with Crippen LogP contribution in [-0.2, 0) is 25.6 Å². The molecule has 5 nitrogen and oxygen atoms in total. The topological polar surface area (TPSA) is 71.5 Å². The molecule has 0 aromatic heterocycles. The number of anilines is 1. The van der Waals surface area contributed by atoms with Crippen molar-refractivity contribution in [1.82, 2.24) is 0 Å². The zero-order valence-corrected chi connectivity index (χ0v) is 23.6. The third-order valence-electron chi connectivity index (χ3n) is 6.78. The Morgan fingerprint density at radius 3 is 1.92 bits per heavy atom. The molecule has 0 N–H and O–H groups in total. The van der Waals surface area contributed by atoms with E-state index in [2.05, 4.69) is 0 Å². The van der Waals surface area contributed by atoms with Crippen LogP contribution in [-0.4, -0.2) is 29.8 Å². The summed E-state index contributed by atoms with van der Waals surface area (Å²) in [6.07, 6.45) is 14.0. The van der Waals surface area contributed by atoms with Gasteiger partial charge in [0, 0.05) is 24.4 Å². The summed E-state index contributed by atoms with van der Waals surface area (Å²) in [6, 6.07) is 7.47. The molecule has 2 atom stereocenters. The summed E-state index contributed by atoms with van der Waals surface area (Å²) in [5, 5.41) is 0. The van der Waals surface area contributed by atoms with Gasteiger partial charge >= 0.3 is 0 Å². The van der Waals surface area contributed by atoms with E-state index in [9.17, 15) is 19.2 Å². The average molecular weight is 500 g/mol. The zero-order valence-electron chi connectivity index (χ0n) is 23.6. The molecule has 0 saturated heterocycles. The van der Waals surface area contributed by atoms with Gasteiger partial charge in [-0.2, -0.15) is 0 Å². The van der Waals surface area contributed by atoms with Crippen LogP contribution < -0.4 is 4.90 Å². The van der Waals surface area contributed by atoms with Gasteiger partial charge in [0.15, 0.2) is 17.9 Å². The van der Waals surface area contributed by atoms with Gasteiger partial charge in [0.05, 0.1) is 6.04 Å². The minimum atomic E-state index is -0.311. The highest BCUT2D eigenvalue weighted by molar-refractivity contribution is 6.25. The van der Waals surface area contributed by atoms with Gasteiger partial charge in [0.25, 0.3) is 0 Å². The largest absolute Gasteiger partial charge is 0.301 e. The molecule has 2 aliphatic carbocycles. The number of para-hydroxylation sites is 1. The van der Waals surface area contributed by atoms with Gasteiger partial charge in [-0.05, 0) is 36.8 Å². The number of carbonyl (C=O) groups excluding carboxylic acids is 4. The fourth-order valence-corrected chi connectivity index (χ4v) is 4.61. The number of fused-ring (bicyclic) bond motifs is 1. The van der Waals surface area contributed by atoms with E-state index in [-0.39, 0.29) is 29.4 Å². The summed E-state index contributed by atoms with van der Waals surface area (Å²) >= 11 is 0. The van der Waals surface area contributed by atoms with Crippen molar-refractivity contribution in [2.24, 2.45) is 17.8 Å². The van der Waals surface area contributed by atoms with Crippen LogP contribution in [0, 0.1) is 17.8 Å². The molecule has 2 unspecified atom stereocenters. The minimum absolute atomic E-state index is 0.0370. The van der Waals surface area contributed by atoms with Crippen molar-refractivity contribution in [3.8, 4) is 0 Å². The fourth-order valence-electron chi connectivity index (χ4n) is 4.61. The molecule has 1 amide bonds. The third kappa shape index (κ3) is 11.2. The van der Waals surface area contributed by atoms with Crippen LogP contribution in [0.2, 0.25) is 0 Å². The third-order valence-corrected chi connectivity index (χ3v) is 6.78. The molecule has 0 bridgehead atoms. The molecular weight excluding hydrogens is 450 g/mol. The molecule has 1 aromatic carbocycles. The maximum atomic E-state index is 12.3. The van der Waals surface area contributed by atoms with Crippen LogP contribution in [0.4, 0.5) is 5.69 Å². The van der Waals surface area contributed by atoms with E-state index in [1.165, 1.54) is 51.4 Å². The van der Waals surface area contributed by atoms with Crippen molar-refractivity contribution >= 4 is 29.4 Å². The van der Waals surface area contributed by atoms with Gasteiger partial charge in [-0.3, -0.25) is 19.2 Å². The number of hydrogen-bond donors (Lipinski definition) is 0. The Kier molecular flexibility index (Phi) is 15.2. The molecule has 5 heteroatoms. The summed E-state index contributed by atoms with van der Waals surface area (Å²) in [5.74, 6) is 0.868. The van der Waals surface area contributed by atoms with Crippen molar-refractivity contribution in [2.75, 3.05) is 4.90 Å². The lowest BCUT2D eigenvalue weighted by atomic mass is 10.0. The maximum Gasteiger partial charge on any atom is 0.227 e. The number of amides is 1. The summed E-state index contributed by atoms with van der Waals surface area (Å²) in [4.78, 5) is 46.4. The predicted molar refractivity (Wildman–Crippen MR) is 148 cm³/mol. The maximum absolute atomic E-state index is 12.3. The van der Waals surface area contributed by atoms with Gasteiger partial charge in [-0.15, -0.1) is 0 Å². The van der Waals surface area contributed by atoms with Crippen molar-refractivity contribution in [3.63, 3.8) is 0 Å². The lowest BCUT2D eigenvalue weighted by Gasteiger charge is -2.24. The Morgan fingerprint density at radius 1 is 0.944 bits per heavy atom. The minimum Gasteiger partial charge on any atom is -0.301 e. The van der Waals surface area contributed by atoms with Gasteiger partial charge in [-0.1, -0.05) is 104 Å². The van der Waals surface area contributed by atoms with Crippen LogP contribution in [0.1, 0.15) is 111 Å². The average Bonchev–Trinajstić information content (AvgIpc) is 3.61. The first-order valence-corrected chi connectivity index (χ1v) is 14.1. The van der Waals surface area contributed by atoms with E-state index in [0.29, 0.717) is 25.0 Å². The quantitative estimate of drug-likeness (QED) is 0.295. The second-order valence-corrected chi connectivity index (χ2v) is 10.5. The van der Waals surface area contributed by atoms with E-state index >= 15 is 0 Å². The second-order valence-electron chi connectivity index (χ2n) is 10.5. The SMILES string of the molecule is C1CCCCC1.CC.CC(=O)C1Cc2ccccc2N1C(=O)CC(C)C.CC(CC1CC1)C(=O)C=O. The molecular formula is C31H49NO4. The summed E-state index contributed by atoms with van der Waals surface area (Å²) in [5.41, 5.74) is 2.00. The van der Waals surface area contributed by atoms with Crippen LogP contribution in [0.5, 0.6) is 0 Å². The van der Waals surface area contributed by atoms with E-state index in [0.717, 1.165) is 23.6 Å². The number of hydrogen-bond acceptors (Lipinski definition) is 4. The molecule has 3 aliphatic rings. The Hall–Kier alpha value is -2.30. The lowest BCUT2D eigenvalue weighted by molar-refractivity contribution is -0.132. The lowest BCUT2D eigenvalue weighted by Crippen LogP contribution is -2.42. The highest BCUT2D eigenvalue weighted by Gasteiger charge is 2.36. The number of Topliss-reactive ketones (excluding diaryl/α,β-unsaturated/α-hetero) is 2. The molecule has 36 heavy (non-hydrogen) atoms. The molecule has 2 saturated carbocycles. The van der Waals surface area contributed by atoms with Crippen LogP contribution in [0.3, 0.4) is 0 Å². The molecule has 0 spiro atoms. The smallest absolute Gasteiger partial charge is 0.227 e. The summed E-state index contributed by atoms with van der Waals surface area (Å²) < 4.78 is 0. The van der Waals surface area contributed by atoms with Gasteiger partial charge in [0.2, 0.25) is 5.91 Å². The number of carbonyl (C=O) groups is 4. The Balaban J connectivity index is 0.000000301. The summed E-state index contributed by atoms with van der Waals surface area (Å²) in [6.45, 7) is 11.4. The number of ketones is 2. The molecule has 4 rings (SSSR count). The Morgan fingerprint density at radius 2 is 1.47 bits per heavy atom. The van der Waals surface area contributed by atoms with Crippen LogP contribution in [0.15, 0.2) is 24.3 Å². The van der Waals surface area contributed by atoms with Crippen LogP contribution >= 0.6 is 0 Å². The fraction of sp³-hybridized carbons (Fsp3) is 0.677. The van der Waals surface area contributed by atoms with E-state index in [1.54, 1.807) is 11.8 Å². The second kappa shape index (κ2) is 17.2. The molecule has 1 aromatic rings. The van der Waals surface area contributed by atoms with Crippen molar-refractivity contribution in [1.29, 1.82) is 0 Å². The normalized spacial score (nSPS) is 18.8. The van der Waals surface area contributed by atoms with Gasteiger partial charge in [0.1, 0.15) is 0 Å². The number of rotatable bonds is 7. The van der Waals surface area contributed by atoms with E-state index < -0.39 is 0 Å². The van der Waals surface area contributed by atoms with Crippen molar-refractivity contribution in [3.05, 3.63) is 29.8 Å². The standard InChI is InChI=1S/C15H19NO2.C8H12O2.C6H12.C2H6/c1-10(2)8-15(18)16-13-7-5-4-6-12(13)9-14(16)11(3)17;1-6(8(10)5-9)4-7-2-3-7;1-2-4-6-5-3-1;1-2/h4-7,10,14H,8-9H2,1-3H3;5-7H,2-4H2,1H3;1-6H2;1-2H3. The molecule has 2 fully saturated rings. The van der Waals surface area contributed by atoms with Gasteiger partial charge < -0.3 is 4.90 Å². The molecule has 202 valence electrons. The molecule has 1 heterocycles. The van der Waals surface area contributed by atoms with E-state index in [4.69, 9.17) is 0 Å². The number of aldehydes is 1.